The molecule has 9 heteroatoms. The van der Waals surface area contributed by atoms with Crippen LogP contribution in [0.3, 0.4) is 0 Å². The number of amides is 2. The predicted octanol–water partition coefficient (Wildman–Crippen LogP) is 1.10. The molecule has 0 aliphatic rings. The number of nitrogens with zero attached hydrogens (tertiary/aromatic N) is 1. The second-order valence-electron chi connectivity index (χ2n) is 5.90. The van der Waals surface area contributed by atoms with Gasteiger partial charge in [-0.3, -0.25) is 9.59 Å². The Balaban J connectivity index is 1.74. The summed E-state index contributed by atoms with van der Waals surface area (Å²) in [5.41, 5.74) is 3.76. The number of carboxylic acid groups (broad SMARTS) is 1. The highest BCUT2D eigenvalue weighted by Gasteiger charge is 2.07. The van der Waals surface area contributed by atoms with E-state index in [2.05, 4.69) is 15.8 Å². The second-order valence-corrected chi connectivity index (χ2v) is 5.90. The Kier molecular flexibility index (Phi) is 8.18. The van der Waals surface area contributed by atoms with E-state index in [-0.39, 0.29) is 13.2 Å². The molecule has 0 spiro atoms. The molecule has 0 fully saturated rings. The first-order chi connectivity index (χ1) is 13.9. The Labute approximate surface area is 167 Å². The number of carbonyl (C=O) groups excluding carboxylic acids is 2. The standard InChI is InChI=1S/C20H21N3O6/c1-14-5-4-7-16(9-14)28-12-19(25)21-11-18(24)23-22-10-15-6-2-3-8-17(15)29-13-20(26)27/h2-10H,11-13H2,1H3,(H,21,25)(H,23,24)(H,26,27)/b22-10-. The fourth-order valence-corrected chi connectivity index (χ4v) is 2.16. The van der Waals surface area contributed by atoms with Gasteiger partial charge in [-0.1, -0.05) is 24.3 Å². The molecule has 2 amide bonds. The fourth-order valence-electron chi connectivity index (χ4n) is 2.16. The van der Waals surface area contributed by atoms with E-state index in [0.717, 1.165) is 5.56 Å². The van der Waals surface area contributed by atoms with Crippen molar-refractivity contribution in [2.24, 2.45) is 5.10 Å². The van der Waals surface area contributed by atoms with Crippen LogP contribution in [0.25, 0.3) is 0 Å². The molecular formula is C20H21N3O6. The zero-order valence-electron chi connectivity index (χ0n) is 15.8. The minimum absolute atomic E-state index is 0.214. The third kappa shape index (κ3) is 8.12. The van der Waals surface area contributed by atoms with Crippen LogP contribution in [0.2, 0.25) is 0 Å². The van der Waals surface area contributed by atoms with Crippen molar-refractivity contribution in [1.29, 1.82) is 0 Å². The lowest BCUT2D eigenvalue weighted by Gasteiger charge is -2.08. The van der Waals surface area contributed by atoms with Gasteiger partial charge in [-0.2, -0.15) is 5.10 Å². The van der Waals surface area contributed by atoms with Crippen molar-refractivity contribution < 1.29 is 29.0 Å². The highest BCUT2D eigenvalue weighted by molar-refractivity contribution is 5.87. The van der Waals surface area contributed by atoms with Gasteiger partial charge in [0.15, 0.2) is 13.2 Å². The molecule has 0 saturated carbocycles. The summed E-state index contributed by atoms with van der Waals surface area (Å²) in [6.07, 6.45) is 1.32. The van der Waals surface area contributed by atoms with Crippen LogP contribution in [0.15, 0.2) is 53.6 Å². The molecule has 29 heavy (non-hydrogen) atoms. The molecule has 0 saturated heterocycles. The van der Waals surface area contributed by atoms with Crippen molar-refractivity contribution in [1.82, 2.24) is 10.7 Å². The van der Waals surface area contributed by atoms with Crippen molar-refractivity contribution in [3.05, 3.63) is 59.7 Å². The average molecular weight is 399 g/mol. The van der Waals surface area contributed by atoms with E-state index in [1.54, 1.807) is 36.4 Å². The smallest absolute Gasteiger partial charge is 0.341 e. The quantitative estimate of drug-likeness (QED) is 0.406. The summed E-state index contributed by atoms with van der Waals surface area (Å²) in [6.45, 7) is 0.932. The second kappa shape index (κ2) is 11.1. The maximum Gasteiger partial charge on any atom is 0.341 e. The predicted molar refractivity (Wildman–Crippen MR) is 105 cm³/mol. The topological polar surface area (TPSA) is 126 Å². The van der Waals surface area contributed by atoms with Crippen LogP contribution in [0.1, 0.15) is 11.1 Å². The highest BCUT2D eigenvalue weighted by Crippen LogP contribution is 2.15. The van der Waals surface area contributed by atoms with E-state index >= 15 is 0 Å². The molecule has 0 aromatic heterocycles. The Bertz CT molecular complexity index is 897. The van der Waals surface area contributed by atoms with Gasteiger partial charge >= 0.3 is 5.97 Å². The normalized spacial score (nSPS) is 10.4. The number of hydrogen-bond acceptors (Lipinski definition) is 6. The zero-order chi connectivity index (χ0) is 21.1. The minimum Gasteiger partial charge on any atom is -0.484 e. The first-order valence-corrected chi connectivity index (χ1v) is 8.65. The SMILES string of the molecule is Cc1cccc(OCC(=O)NCC(=O)N/N=C\c2ccccc2OCC(=O)O)c1. The molecule has 152 valence electrons. The van der Waals surface area contributed by atoms with Crippen LogP contribution in [-0.4, -0.2) is 48.9 Å². The molecule has 0 radical (unpaired) electrons. The van der Waals surface area contributed by atoms with Gasteiger partial charge in [0, 0.05) is 5.56 Å². The summed E-state index contributed by atoms with van der Waals surface area (Å²) in [4.78, 5) is 34.1. The van der Waals surface area contributed by atoms with E-state index in [1.807, 2.05) is 19.1 Å². The zero-order valence-corrected chi connectivity index (χ0v) is 15.8. The molecule has 0 unspecified atom stereocenters. The summed E-state index contributed by atoms with van der Waals surface area (Å²) in [5, 5.41) is 14.9. The number of carbonyl (C=O) groups is 3. The summed E-state index contributed by atoms with van der Waals surface area (Å²) < 4.78 is 10.5. The fraction of sp³-hybridized carbons (Fsp3) is 0.200. The monoisotopic (exact) mass is 399 g/mol. The van der Waals surface area contributed by atoms with Crippen molar-refractivity contribution in [2.45, 2.75) is 6.92 Å². The number of hydrogen-bond donors (Lipinski definition) is 3. The van der Waals surface area contributed by atoms with Crippen LogP contribution in [0.4, 0.5) is 0 Å². The maximum absolute atomic E-state index is 11.8. The van der Waals surface area contributed by atoms with Gasteiger partial charge in [0.2, 0.25) is 0 Å². The average Bonchev–Trinajstić information content (AvgIpc) is 2.70. The molecule has 3 N–H and O–H groups in total. The Hall–Kier alpha value is -3.88. The summed E-state index contributed by atoms with van der Waals surface area (Å²) in [6, 6.07) is 13.9. The van der Waals surface area contributed by atoms with Gasteiger partial charge in [0.25, 0.3) is 11.8 Å². The molecule has 0 heterocycles. The number of benzene rings is 2. The van der Waals surface area contributed by atoms with E-state index in [4.69, 9.17) is 14.6 Å². The van der Waals surface area contributed by atoms with Crippen molar-refractivity contribution in [2.75, 3.05) is 19.8 Å². The lowest BCUT2D eigenvalue weighted by atomic mass is 10.2. The molecule has 2 rings (SSSR count). The molecule has 2 aromatic carbocycles. The van der Waals surface area contributed by atoms with Gasteiger partial charge in [0.05, 0.1) is 12.8 Å². The molecule has 9 nitrogen and oxygen atoms in total. The van der Waals surface area contributed by atoms with Gasteiger partial charge in [-0.05, 0) is 36.8 Å². The largest absolute Gasteiger partial charge is 0.484 e. The number of nitrogens with one attached hydrogen (secondary N) is 2. The van der Waals surface area contributed by atoms with Crippen LogP contribution < -0.4 is 20.2 Å². The molecule has 2 aromatic rings. The lowest BCUT2D eigenvalue weighted by molar-refractivity contribution is -0.139. The van der Waals surface area contributed by atoms with Gasteiger partial charge in [-0.15, -0.1) is 0 Å². The molecule has 0 bridgehead atoms. The first kappa shape index (κ1) is 21.4. The number of carboxylic acids is 1. The molecule has 0 aliphatic heterocycles. The first-order valence-electron chi connectivity index (χ1n) is 8.65. The van der Waals surface area contributed by atoms with Crippen LogP contribution in [0.5, 0.6) is 11.5 Å². The molecule has 0 aliphatic carbocycles. The van der Waals surface area contributed by atoms with Crippen LogP contribution in [-0.2, 0) is 14.4 Å². The minimum atomic E-state index is -1.10. The van der Waals surface area contributed by atoms with E-state index in [9.17, 15) is 14.4 Å². The van der Waals surface area contributed by atoms with E-state index in [1.165, 1.54) is 6.21 Å². The van der Waals surface area contributed by atoms with Crippen molar-refractivity contribution in [3.63, 3.8) is 0 Å². The number of ether oxygens (including phenoxy) is 2. The summed E-state index contributed by atoms with van der Waals surface area (Å²) in [7, 11) is 0. The Morgan fingerprint density at radius 3 is 2.59 bits per heavy atom. The summed E-state index contributed by atoms with van der Waals surface area (Å²) in [5.74, 6) is -1.20. The van der Waals surface area contributed by atoms with E-state index in [0.29, 0.717) is 17.1 Å². The third-order valence-corrected chi connectivity index (χ3v) is 3.47. The number of hydrazone groups is 1. The van der Waals surface area contributed by atoms with Crippen molar-refractivity contribution >= 4 is 24.0 Å². The van der Waals surface area contributed by atoms with Gasteiger partial charge in [-0.25, -0.2) is 10.2 Å². The Morgan fingerprint density at radius 2 is 1.83 bits per heavy atom. The van der Waals surface area contributed by atoms with Crippen molar-refractivity contribution in [3.8, 4) is 11.5 Å². The lowest BCUT2D eigenvalue weighted by Crippen LogP contribution is -2.37. The van der Waals surface area contributed by atoms with Gasteiger partial charge < -0.3 is 19.9 Å². The maximum atomic E-state index is 11.8. The van der Waals surface area contributed by atoms with Crippen LogP contribution >= 0.6 is 0 Å². The Morgan fingerprint density at radius 1 is 1.03 bits per heavy atom. The number of para-hydroxylation sites is 1. The van der Waals surface area contributed by atoms with Crippen LogP contribution in [0, 0.1) is 6.92 Å². The third-order valence-electron chi connectivity index (χ3n) is 3.47. The molecule has 0 atom stereocenters. The summed E-state index contributed by atoms with van der Waals surface area (Å²) >= 11 is 0. The number of aliphatic carboxylic acids is 1. The van der Waals surface area contributed by atoms with E-state index < -0.39 is 24.4 Å². The molecular weight excluding hydrogens is 378 g/mol. The number of rotatable bonds is 10. The highest BCUT2D eigenvalue weighted by atomic mass is 16.5. The van der Waals surface area contributed by atoms with Gasteiger partial charge in [0.1, 0.15) is 11.5 Å². The number of aryl methyl sites for hydroxylation is 1.